The van der Waals surface area contributed by atoms with E-state index in [-0.39, 0.29) is 24.5 Å². The van der Waals surface area contributed by atoms with E-state index in [1.165, 1.54) is 13.3 Å². The van der Waals surface area contributed by atoms with Crippen LogP contribution in [0.5, 0.6) is 11.5 Å². The van der Waals surface area contributed by atoms with Crippen LogP contribution < -0.4 is 14.8 Å². The average Bonchev–Trinajstić information content (AvgIpc) is 2.85. The van der Waals surface area contributed by atoms with E-state index in [9.17, 15) is 9.90 Å². The zero-order chi connectivity index (χ0) is 23.2. The molecule has 0 aliphatic carbocycles. The number of hydrogen-bond acceptors (Lipinski definition) is 7. The maximum Gasteiger partial charge on any atom is 0.340 e. The third-order valence-electron chi connectivity index (χ3n) is 5.10. The van der Waals surface area contributed by atoms with Gasteiger partial charge in [-0.15, -0.1) is 0 Å². The summed E-state index contributed by atoms with van der Waals surface area (Å²) in [7, 11) is 1.44. The minimum absolute atomic E-state index is 0.0191. The van der Waals surface area contributed by atoms with Crippen molar-refractivity contribution < 1.29 is 24.5 Å². The van der Waals surface area contributed by atoms with Gasteiger partial charge < -0.3 is 25.0 Å². The summed E-state index contributed by atoms with van der Waals surface area (Å²) in [6.45, 7) is 0.869. The summed E-state index contributed by atoms with van der Waals surface area (Å²) in [5.41, 5.74) is 3.75. The SMILES string of the molecule is COc1c(-c2ccc(NCc3ccc(OCCO)cc3)cc2)nc2ccncc2c1C(=O)O. The molecule has 2 heterocycles. The van der Waals surface area contributed by atoms with Crippen LogP contribution in [0.2, 0.25) is 0 Å². The predicted octanol–water partition coefficient (Wildman–Crippen LogP) is 3.99. The molecule has 2 aromatic heterocycles. The number of hydrogen-bond donors (Lipinski definition) is 3. The number of rotatable bonds is 9. The number of aliphatic hydroxyl groups is 1. The number of fused-ring (bicyclic) bond motifs is 1. The largest absolute Gasteiger partial charge is 0.494 e. The van der Waals surface area contributed by atoms with E-state index in [1.54, 1.807) is 12.3 Å². The van der Waals surface area contributed by atoms with Crippen molar-refractivity contribution in [2.45, 2.75) is 6.54 Å². The smallest absolute Gasteiger partial charge is 0.340 e. The molecule has 3 N–H and O–H groups in total. The number of nitrogens with zero attached hydrogens (tertiary/aromatic N) is 2. The van der Waals surface area contributed by atoms with Crippen LogP contribution >= 0.6 is 0 Å². The topological polar surface area (TPSA) is 114 Å². The summed E-state index contributed by atoms with van der Waals surface area (Å²) in [5, 5.41) is 22.4. The maximum absolute atomic E-state index is 12.0. The van der Waals surface area contributed by atoms with Crippen molar-refractivity contribution in [3.63, 3.8) is 0 Å². The highest BCUT2D eigenvalue weighted by Crippen LogP contribution is 2.36. The first kappa shape index (κ1) is 22.0. The van der Waals surface area contributed by atoms with E-state index in [4.69, 9.17) is 14.6 Å². The number of carbonyl (C=O) groups is 1. The molecular formula is C25H23N3O5. The normalized spacial score (nSPS) is 10.7. The maximum atomic E-state index is 12.0. The lowest BCUT2D eigenvalue weighted by molar-refractivity contribution is 0.0695. The molecule has 0 saturated heterocycles. The molecule has 4 aromatic rings. The molecule has 0 saturated carbocycles. The first-order valence-corrected chi connectivity index (χ1v) is 10.3. The molecule has 0 aliphatic rings. The second kappa shape index (κ2) is 9.97. The Labute approximate surface area is 190 Å². The lowest BCUT2D eigenvalue weighted by atomic mass is 10.0. The number of aromatic nitrogens is 2. The fraction of sp³-hybridized carbons (Fsp3) is 0.160. The summed E-state index contributed by atoms with van der Waals surface area (Å²) >= 11 is 0. The molecule has 0 radical (unpaired) electrons. The van der Waals surface area contributed by atoms with E-state index < -0.39 is 5.97 Å². The van der Waals surface area contributed by atoms with Crippen LogP contribution in [0, 0.1) is 0 Å². The highest BCUT2D eigenvalue weighted by atomic mass is 16.5. The number of benzene rings is 2. The molecule has 8 heteroatoms. The Morgan fingerprint density at radius 1 is 1.06 bits per heavy atom. The van der Waals surface area contributed by atoms with Crippen LogP contribution in [0.25, 0.3) is 22.2 Å². The van der Waals surface area contributed by atoms with Gasteiger partial charge in [0.15, 0.2) is 5.75 Å². The third kappa shape index (κ3) is 4.86. The molecule has 0 amide bonds. The van der Waals surface area contributed by atoms with E-state index in [0.717, 1.165) is 16.8 Å². The van der Waals surface area contributed by atoms with Crippen LogP contribution in [-0.4, -0.2) is 46.5 Å². The van der Waals surface area contributed by atoms with Crippen LogP contribution in [-0.2, 0) is 6.54 Å². The zero-order valence-corrected chi connectivity index (χ0v) is 18.0. The number of nitrogens with one attached hydrogen (secondary N) is 1. The van der Waals surface area contributed by atoms with Crippen molar-refractivity contribution in [1.82, 2.24) is 9.97 Å². The summed E-state index contributed by atoms with van der Waals surface area (Å²) in [6, 6.07) is 16.9. The first-order valence-electron chi connectivity index (χ1n) is 10.3. The molecule has 2 aromatic carbocycles. The minimum atomic E-state index is -1.10. The van der Waals surface area contributed by atoms with E-state index in [2.05, 4.69) is 15.3 Å². The molecule has 0 fully saturated rings. The van der Waals surface area contributed by atoms with Crippen molar-refractivity contribution in [2.24, 2.45) is 0 Å². The van der Waals surface area contributed by atoms with Crippen molar-refractivity contribution in [3.05, 3.63) is 78.1 Å². The zero-order valence-electron chi connectivity index (χ0n) is 18.0. The number of carboxylic acids is 1. The number of methoxy groups -OCH3 is 1. The fourth-order valence-electron chi connectivity index (χ4n) is 3.51. The summed E-state index contributed by atoms with van der Waals surface area (Å²) in [5.74, 6) is -0.183. The first-order chi connectivity index (χ1) is 16.1. The van der Waals surface area contributed by atoms with Gasteiger partial charge in [-0.05, 0) is 35.9 Å². The van der Waals surface area contributed by atoms with Crippen LogP contribution in [0.3, 0.4) is 0 Å². The van der Waals surface area contributed by atoms with E-state index >= 15 is 0 Å². The quantitative estimate of drug-likeness (QED) is 0.354. The van der Waals surface area contributed by atoms with Gasteiger partial charge >= 0.3 is 5.97 Å². The predicted molar refractivity (Wildman–Crippen MR) is 125 cm³/mol. The monoisotopic (exact) mass is 445 g/mol. The highest BCUT2D eigenvalue weighted by molar-refractivity contribution is 6.07. The molecule has 8 nitrogen and oxygen atoms in total. The number of carboxylic acid groups (broad SMARTS) is 1. The average molecular weight is 445 g/mol. The van der Waals surface area contributed by atoms with E-state index in [0.29, 0.717) is 28.9 Å². The van der Waals surface area contributed by atoms with Gasteiger partial charge in [0.05, 0.1) is 19.2 Å². The number of anilines is 1. The van der Waals surface area contributed by atoms with Gasteiger partial charge in [-0.3, -0.25) is 4.98 Å². The molecule has 0 spiro atoms. The second-order valence-corrected chi connectivity index (χ2v) is 7.21. The Morgan fingerprint density at radius 2 is 1.82 bits per heavy atom. The second-order valence-electron chi connectivity index (χ2n) is 7.21. The number of ether oxygens (including phenoxy) is 2. The van der Waals surface area contributed by atoms with Gasteiger partial charge in [0.1, 0.15) is 23.6 Å². The van der Waals surface area contributed by atoms with Gasteiger partial charge in [0.2, 0.25) is 0 Å². The molecule has 33 heavy (non-hydrogen) atoms. The molecule has 0 bridgehead atoms. The number of aliphatic hydroxyl groups excluding tert-OH is 1. The Bertz CT molecular complexity index is 1260. The molecular weight excluding hydrogens is 422 g/mol. The summed E-state index contributed by atoms with van der Waals surface area (Å²) in [4.78, 5) is 20.6. The fourth-order valence-corrected chi connectivity index (χ4v) is 3.51. The van der Waals surface area contributed by atoms with Crippen molar-refractivity contribution in [1.29, 1.82) is 0 Å². The summed E-state index contributed by atoms with van der Waals surface area (Å²) < 4.78 is 10.8. The van der Waals surface area contributed by atoms with Gasteiger partial charge in [0, 0.05) is 35.6 Å². The minimum Gasteiger partial charge on any atom is -0.494 e. The molecule has 0 unspecified atom stereocenters. The number of pyridine rings is 2. The lowest BCUT2D eigenvalue weighted by Gasteiger charge is -2.14. The van der Waals surface area contributed by atoms with Crippen molar-refractivity contribution in [2.75, 3.05) is 25.6 Å². The molecule has 168 valence electrons. The van der Waals surface area contributed by atoms with Crippen LogP contribution in [0.4, 0.5) is 5.69 Å². The number of aromatic carboxylic acids is 1. The van der Waals surface area contributed by atoms with Gasteiger partial charge in [-0.1, -0.05) is 24.3 Å². The molecule has 0 aliphatic heterocycles. The van der Waals surface area contributed by atoms with Crippen LogP contribution in [0.15, 0.2) is 67.0 Å². The van der Waals surface area contributed by atoms with Crippen molar-refractivity contribution >= 4 is 22.6 Å². The summed E-state index contributed by atoms with van der Waals surface area (Å²) in [6.07, 6.45) is 3.06. The Balaban J connectivity index is 1.55. The highest BCUT2D eigenvalue weighted by Gasteiger charge is 2.22. The van der Waals surface area contributed by atoms with Crippen LogP contribution in [0.1, 0.15) is 15.9 Å². The van der Waals surface area contributed by atoms with Crippen molar-refractivity contribution in [3.8, 4) is 22.8 Å². The lowest BCUT2D eigenvalue weighted by Crippen LogP contribution is -2.05. The molecule has 4 rings (SSSR count). The van der Waals surface area contributed by atoms with Gasteiger partial charge in [-0.25, -0.2) is 9.78 Å². The Hall–Kier alpha value is -4.17. The van der Waals surface area contributed by atoms with Gasteiger partial charge in [0.25, 0.3) is 0 Å². The van der Waals surface area contributed by atoms with E-state index in [1.807, 2.05) is 48.5 Å². The Kier molecular flexibility index (Phi) is 6.66. The standard InChI is InChI=1S/C25H23N3O5/c1-32-24-22(25(30)31)20-15-26-11-10-21(20)28-23(24)17-4-6-18(7-5-17)27-14-16-2-8-19(9-3-16)33-13-12-29/h2-11,15,27,29H,12-14H2,1H3,(H,30,31). The van der Waals surface area contributed by atoms with Gasteiger partial charge in [-0.2, -0.15) is 0 Å². The Morgan fingerprint density at radius 3 is 2.48 bits per heavy atom. The molecule has 0 atom stereocenters. The third-order valence-corrected chi connectivity index (χ3v) is 5.10.